The lowest BCUT2D eigenvalue weighted by atomic mass is 9.93. The summed E-state index contributed by atoms with van der Waals surface area (Å²) in [6.45, 7) is 0. The number of benzene rings is 11. The molecule has 0 unspecified atom stereocenters. The molecule has 14 aromatic rings. The molecule has 0 spiro atoms. The molecule has 3 aromatic heterocycles. The fourth-order valence-electron chi connectivity index (χ4n) is 10.6. The molecule has 0 bridgehead atoms. The van der Waals surface area contributed by atoms with Crippen LogP contribution in [-0.2, 0) is 0 Å². The second kappa shape index (κ2) is 15.5. The summed E-state index contributed by atoms with van der Waals surface area (Å²) in [4.78, 5) is 0. The third kappa shape index (κ3) is 6.19. The van der Waals surface area contributed by atoms with E-state index in [0.717, 1.165) is 33.5 Å². The molecule has 14 rings (SSSR count). The van der Waals surface area contributed by atoms with E-state index in [0.29, 0.717) is 0 Å². The Labute approximate surface area is 396 Å². The molecule has 316 valence electrons. The first-order valence-electron chi connectivity index (χ1n) is 23.1. The first kappa shape index (κ1) is 38.6. The van der Waals surface area contributed by atoms with Crippen LogP contribution >= 0.6 is 11.3 Å². The van der Waals surface area contributed by atoms with Gasteiger partial charge in [0.1, 0.15) is 0 Å². The van der Waals surface area contributed by atoms with Gasteiger partial charge in [0.25, 0.3) is 0 Å². The predicted molar refractivity (Wildman–Crippen MR) is 289 cm³/mol. The molecular formula is C64H39N3S. The maximum Gasteiger partial charge on any atom is 0.169 e. The Balaban J connectivity index is 0.900. The minimum atomic E-state index is 0.832. The van der Waals surface area contributed by atoms with Crippen LogP contribution in [0.1, 0.15) is 0 Å². The Kier molecular flexibility index (Phi) is 8.76. The summed E-state index contributed by atoms with van der Waals surface area (Å²) in [7, 11) is 0. The molecule has 0 atom stereocenters. The van der Waals surface area contributed by atoms with Crippen LogP contribution in [0.5, 0.6) is 0 Å². The molecule has 0 amide bonds. The third-order valence-electron chi connectivity index (χ3n) is 13.9. The van der Waals surface area contributed by atoms with Gasteiger partial charge in [-0.25, -0.2) is 0 Å². The number of hydrogen-bond donors (Lipinski definition) is 0. The summed E-state index contributed by atoms with van der Waals surface area (Å²) >= 11 is 1.87. The lowest BCUT2D eigenvalue weighted by Crippen LogP contribution is -1.94. The monoisotopic (exact) mass is 881 g/mol. The zero-order chi connectivity index (χ0) is 44.7. The molecule has 0 saturated carbocycles. The zero-order valence-corrected chi connectivity index (χ0v) is 37.6. The van der Waals surface area contributed by atoms with Gasteiger partial charge in [0.05, 0.1) is 5.52 Å². The van der Waals surface area contributed by atoms with Crippen LogP contribution in [0.3, 0.4) is 0 Å². The van der Waals surface area contributed by atoms with Crippen LogP contribution in [0.4, 0.5) is 0 Å². The van der Waals surface area contributed by atoms with Gasteiger partial charge >= 0.3 is 0 Å². The first-order valence-corrected chi connectivity index (χ1v) is 23.9. The van der Waals surface area contributed by atoms with Crippen molar-refractivity contribution in [2.24, 2.45) is 0 Å². The number of fused-ring (bicyclic) bond motifs is 11. The average molecular weight is 882 g/mol. The van der Waals surface area contributed by atoms with E-state index in [9.17, 15) is 0 Å². The average Bonchev–Trinajstić information content (AvgIpc) is 4.03. The number of rotatable bonds is 6. The van der Waals surface area contributed by atoms with Crippen molar-refractivity contribution in [1.82, 2.24) is 14.6 Å². The molecule has 68 heavy (non-hydrogen) atoms. The second-order valence-corrected chi connectivity index (χ2v) is 18.8. The van der Waals surface area contributed by atoms with Crippen molar-refractivity contribution in [2.75, 3.05) is 0 Å². The number of pyridine rings is 1. The fraction of sp³-hybridized carbons (Fsp3) is 0. The quantitative estimate of drug-likeness (QED) is 0.156. The van der Waals surface area contributed by atoms with E-state index in [-0.39, 0.29) is 0 Å². The number of thiophene rings is 1. The van der Waals surface area contributed by atoms with E-state index in [1.807, 2.05) is 11.3 Å². The number of para-hydroxylation sites is 1. The van der Waals surface area contributed by atoms with Crippen molar-refractivity contribution >= 4 is 80.4 Å². The standard InChI is InChI=1S/C64H39N3S/c1-3-15-50-42(11-1)13-9-20-52(50)44-27-23-40(24-28-44)48-35-36-61-58(37-48)59-39-49(41-25-29-45(30-26-41)53-21-10-14-43-12-2-4-16-51(43)53)38-57(62(59)68-61)46-31-33-47(34-32-46)63-65-66-64-56-19-6-5-17-54(56)55-18-7-8-22-60(55)67(63)64/h1-39H. The SMILES string of the molecule is c1ccc2c(-c3ccc(-c4ccc5sc6c(-c7ccc(-c8nnc9c%10ccccc%10c%10ccccc%10n89)cc7)cc(-c7ccc(-c8cccc9ccccc89)cc7)cc6c5c4)cc3)cccc2c1. The highest BCUT2D eigenvalue weighted by Crippen LogP contribution is 2.45. The predicted octanol–water partition coefficient (Wildman–Crippen LogP) is 17.7. The molecule has 3 heterocycles. The summed E-state index contributed by atoms with van der Waals surface area (Å²) in [5.41, 5.74) is 15.1. The van der Waals surface area contributed by atoms with E-state index in [1.54, 1.807) is 0 Å². The number of aromatic nitrogens is 3. The van der Waals surface area contributed by atoms with Gasteiger partial charge in [-0.3, -0.25) is 4.40 Å². The highest BCUT2D eigenvalue weighted by Gasteiger charge is 2.19. The van der Waals surface area contributed by atoms with E-state index in [4.69, 9.17) is 10.2 Å². The van der Waals surface area contributed by atoms with Crippen molar-refractivity contribution in [3.8, 4) is 67.0 Å². The molecule has 0 N–H and O–H groups in total. The lowest BCUT2D eigenvalue weighted by Gasteiger charge is -2.12. The largest absolute Gasteiger partial charge is 0.274 e. The maximum atomic E-state index is 4.83. The molecule has 3 nitrogen and oxygen atoms in total. The van der Waals surface area contributed by atoms with Gasteiger partial charge in [-0.05, 0) is 107 Å². The Morgan fingerprint density at radius 1 is 0.294 bits per heavy atom. The second-order valence-electron chi connectivity index (χ2n) is 17.7. The number of hydrogen-bond acceptors (Lipinski definition) is 3. The fourth-order valence-corrected chi connectivity index (χ4v) is 11.8. The molecule has 0 saturated heterocycles. The normalized spacial score (nSPS) is 11.8. The summed E-state index contributed by atoms with van der Waals surface area (Å²) in [5.74, 6) is 0.832. The summed E-state index contributed by atoms with van der Waals surface area (Å²) in [5, 5.41) is 20.6. The topological polar surface area (TPSA) is 30.2 Å². The Bertz CT molecular complexity index is 4280. The van der Waals surface area contributed by atoms with Crippen LogP contribution in [-0.4, -0.2) is 14.6 Å². The number of nitrogens with zero attached hydrogens (tertiary/aromatic N) is 3. The van der Waals surface area contributed by atoms with Crippen molar-refractivity contribution in [3.63, 3.8) is 0 Å². The van der Waals surface area contributed by atoms with Crippen LogP contribution in [0.15, 0.2) is 237 Å². The van der Waals surface area contributed by atoms with E-state index in [1.165, 1.54) is 103 Å². The molecule has 0 aliphatic heterocycles. The molecular weight excluding hydrogens is 843 g/mol. The van der Waals surface area contributed by atoms with Gasteiger partial charge in [0.2, 0.25) is 0 Å². The molecule has 0 aliphatic carbocycles. The smallest absolute Gasteiger partial charge is 0.169 e. The summed E-state index contributed by atoms with van der Waals surface area (Å²) < 4.78 is 4.76. The minimum Gasteiger partial charge on any atom is -0.274 e. The van der Waals surface area contributed by atoms with Gasteiger partial charge in [-0.15, -0.1) is 21.5 Å². The van der Waals surface area contributed by atoms with Gasteiger partial charge in [-0.1, -0.05) is 206 Å². The van der Waals surface area contributed by atoms with Crippen LogP contribution < -0.4 is 0 Å². The van der Waals surface area contributed by atoms with Crippen LogP contribution in [0, 0.1) is 0 Å². The van der Waals surface area contributed by atoms with Crippen LogP contribution in [0.2, 0.25) is 0 Å². The zero-order valence-electron chi connectivity index (χ0n) is 36.8. The molecule has 4 heteroatoms. The molecule has 0 fully saturated rings. The van der Waals surface area contributed by atoms with Gasteiger partial charge in [0, 0.05) is 42.1 Å². The van der Waals surface area contributed by atoms with Gasteiger partial charge < -0.3 is 0 Å². The summed E-state index contributed by atoms with van der Waals surface area (Å²) in [6.07, 6.45) is 0. The van der Waals surface area contributed by atoms with Gasteiger partial charge in [-0.2, -0.15) is 0 Å². The molecule has 11 aromatic carbocycles. The molecule has 0 radical (unpaired) electrons. The molecule has 0 aliphatic rings. The highest BCUT2D eigenvalue weighted by molar-refractivity contribution is 7.26. The minimum absolute atomic E-state index is 0.832. The third-order valence-corrected chi connectivity index (χ3v) is 15.1. The van der Waals surface area contributed by atoms with Crippen molar-refractivity contribution in [1.29, 1.82) is 0 Å². The van der Waals surface area contributed by atoms with Gasteiger partial charge in [0.15, 0.2) is 11.5 Å². The summed E-state index contributed by atoms with van der Waals surface area (Å²) in [6, 6.07) is 86.3. The van der Waals surface area contributed by atoms with Crippen LogP contribution in [0.25, 0.3) is 136 Å². The van der Waals surface area contributed by atoms with E-state index >= 15 is 0 Å². The van der Waals surface area contributed by atoms with Crippen molar-refractivity contribution in [2.45, 2.75) is 0 Å². The Hall–Kier alpha value is -8.70. The van der Waals surface area contributed by atoms with E-state index in [2.05, 4.69) is 241 Å². The first-order chi connectivity index (χ1) is 33.7. The van der Waals surface area contributed by atoms with E-state index < -0.39 is 0 Å². The van der Waals surface area contributed by atoms with Crippen molar-refractivity contribution in [3.05, 3.63) is 237 Å². The maximum absolute atomic E-state index is 4.83. The Morgan fingerprint density at radius 2 is 0.779 bits per heavy atom. The highest BCUT2D eigenvalue weighted by atomic mass is 32.1. The Morgan fingerprint density at radius 3 is 1.44 bits per heavy atom. The lowest BCUT2D eigenvalue weighted by molar-refractivity contribution is 1.12. The van der Waals surface area contributed by atoms with Crippen molar-refractivity contribution < 1.29 is 0 Å².